The van der Waals surface area contributed by atoms with Crippen LogP contribution in [0.2, 0.25) is 0 Å². The van der Waals surface area contributed by atoms with E-state index in [1.54, 1.807) is 6.08 Å². The highest BCUT2D eigenvalue weighted by Crippen LogP contribution is 2.24. The Morgan fingerprint density at radius 1 is 0.393 bits per heavy atom. The zero-order valence-corrected chi connectivity index (χ0v) is 55.9. The predicted molar refractivity (Wildman–Crippen MR) is 360 cm³/mol. The van der Waals surface area contributed by atoms with Crippen LogP contribution in [0.3, 0.4) is 0 Å². The molecule has 0 aromatic heterocycles. The molecule has 0 saturated carbocycles. The third kappa shape index (κ3) is 52.6. The maximum atomic E-state index is 13.1. The van der Waals surface area contributed by atoms with Gasteiger partial charge in [0.15, 0.2) is 6.29 Å². The maximum absolute atomic E-state index is 13.1. The van der Waals surface area contributed by atoms with Crippen LogP contribution < -0.4 is 5.32 Å². The number of carbonyl (C=O) groups is 1. The molecule has 0 spiro atoms. The second-order valence-corrected chi connectivity index (χ2v) is 26.4. The van der Waals surface area contributed by atoms with Gasteiger partial charge >= 0.3 is 0 Å². The number of ether oxygens (including phenoxy) is 2. The van der Waals surface area contributed by atoms with Gasteiger partial charge in [-0.1, -0.05) is 378 Å². The van der Waals surface area contributed by atoms with Gasteiger partial charge in [-0.3, -0.25) is 4.79 Å². The van der Waals surface area contributed by atoms with Crippen LogP contribution in [0.25, 0.3) is 0 Å². The summed E-state index contributed by atoms with van der Waals surface area (Å²) < 4.78 is 11.3. The Bertz CT molecular complexity index is 1380. The highest BCUT2D eigenvalue weighted by Gasteiger charge is 2.44. The summed E-state index contributed by atoms with van der Waals surface area (Å²) in [5.41, 5.74) is 0. The van der Waals surface area contributed by atoms with Crippen LogP contribution >= 0.6 is 0 Å². The Kier molecular flexibility index (Phi) is 62.1. The Labute approximate surface area is 521 Å². The summed E-state index contributed by atoms with van der Waals surface area (Å²) in [6, 6.07) is -0.821. The van der Waals surface area contributed by atoms with Gasteiger partial charge in [0.25, 0.3) is 0 Å². The molecule has 7 atom stereocenters. The van der Waals surface area contributed by atoms with Gasteiger partial charge in [0.05, 0.1) is 25.4 Å². The number of aliphatic hydroxyl groups is 5. The number of unbranched alkanes of at least 4 members (excludes halogenated alkanes) is 55. The van der Waals surface area contributed by atoms with Crippen LogP contribution in [0, 0.1) is 0 Å². The molecule has 0 aliphatic carbocycles. The molecule has 7 unspecified atom stereocenters. The molecule has 6 N–H and O–H groups in total. The van der Waals surface area contributed by atoms with E-state index in [2.05, 4.69) is 31.3 Å². The van der Waals surface area contributed by atoms with Gasteiger partial charge in [0, 0.05) is 6.42 Å². The summed E-state index contributed by atoms with van der Waals surface area (Å²) in [6.45, 7) is 3.83. The monoisotopic (exact) mass is 1190 g/mol. The molecule has 9 heteroatoms. The zero-order chi connectivity index (χ0) is 60.7. The number of allylic oxidation sites excluding steroid dienone is 3. The number of amides is 1. The smallest absolute Gasteiger partial charge is 0.220 e. The van der Waals surface area contributed by atoms with E-state index in [-0.39, 0.29) is 12.5 Å². The molecule has 0 radical (unpaired) electrons. The lowest BCUT2D eigenvalue weighted by molar-refractivity contribution is -0.302. The minimum atomic E-state index is -1.57. The van der Waals surface area contributed by atoms with Crippen molar-refractivity contribution in [3.8, 4) is 0 Å². The molecule has 1 amide bonds. The van der Waals surface area contributed by atoms with Crippen molar-refractivity contribution in [2.24, 2.45) is 0 Å². The molecule has 1 aliphatic rings. The first-order valence-electron chi connectivity index (χ1n) is 37.6. The first-order valence-corrected chi connectivity index (χ1v) is 37.6. The lowest BCUT2D eigenvalue weighted by atomic mass is 9.99. The van der Waals surface area contributed by atoms with E-state index in [0.29, 0.717) is 6.42 Å². The Balaban J connectivity index is 2.10. The highest BCUT2D eigenvalue weighted by atomic mass is 16.7. The first kappa shape index (κ1) is 80.7. The van der Waals surface area contributed by atoms with E-state index < -0.39 is 49.5 Å². The van der Waals surface area contributed by atoms with E-state index >= 15 is 0 Å². The summed E-state index contributed by atoms with van der Waals surface area (Å²) in [4.78, 5) is 13.1. The molecule has 498 valence electrons. The van der Waals surface area contributed by atoms with Gasteiger partial charge in [0.1, 0.15) is 24.4 Å². The van der Waals surface area contributed by atoms with E-state index in [4.69, 9.17) is 9.47 Å². The average Bonchev–Trinajstić information content (AvgIpc) is 3.69. The predicted octanol–water partition coefficient (Wildman–Crippen LogP) is 20.8. The van der Waals surface area contributed by atoms with E-state index in [1.165, 1.54) is 334 Å². The van der Waals surface area contributed by atoms with Crippen molar-refractivity contribution in [1.82, 2.24) is 5.32 Å². The third-order valence-corrected chi connectivity index (χ3v) is 18.3. The fraction of sp³-hybridized carbons (Fsp3) is 0.933. The molecule has 1 fully saturated rings. The van der Waals surface area contributed by atoms with E-state index in [0.717, 1.165) is 38.5 Å². The highest BCUT2D eigenvalue weighted by molar-refractivity contribution is 5.76. The van der Waals surface area contributed by atoms with Crippen LogP contribution in [0.4, 0.5) is 0 Å². The van der Waals surface area contributed by atoms with Crippen molar-refractivity contribution in [3.63, 3.8) is 0 Å². The number of hydrogen-bond donors (Lipinski definition) is 6. The van der Waals surface area contributed by atoms with Crippen LogP contribution in [0.15, 0.2) is 24.3 Å². The van der Waals surface area contributed by atoms with Crippen molar-refractivity contribution in [1.29, 1.82) is 0 Å². The number of aliphatic hydroxyl groups excluding tert-OH is 5. The maximum Gasteiger partial charge on any atom is 0.220 e. The Morgan fingerprint density at radius 3 is 1.00 bits per heavy atom. The Morgan fingerprint density at radius 2 is 0.679 bits per heavy atom. The van der Waals surface area contributed by atoms with Crippen molar-refractivity contribution in [2.45, 2.75) is 436 Å². The SMILES string of the molecule is CCCCCCCCCCCCCCCCCCCCCCCC/C=C/CC/C=C/C(O)C(COC1OC(CO)C(O)C(O)C1O)NC(=O)CCCCCCCCCCCCCCCCCCCCCCCCCCCCCCCCCCC. The minimum absolute atomic E-state index is 0.177. The molecular formula is C75H145NO8. The van der Waals surface area contributed by atoms with Gasteiger partial charge < -0.3 is 40.3 Å². The summed E-state index contributed by atoms with van der Waals surface area (Å²) >= 11 is 0. The fourth-order valence-corrected chi connectivity index (χ4v) is 12.4. The molecular weight excluding hydrogens is 1040 g/mol. The summed E-state index contributed by atoms with van der Waals surface area (Å²) in [6.07, 6.45) is 78.9. The molecule has 9 nitrogen and oxygen atoms in total. The molecule has 1 rings (SSSR count). The first-order chi connectivity index (χ1) is 41.3. The molecule has 0 bridgehead atoms. The number of nitrogens with one attached hydrogen (secondary N) is 1. The van der Waals surface area contributed by atoms with Gasteiger partial charge in [-0.2, -0.15) is 0 Å². The van der Waals surface area contributed by atoms with Crippen LogP contribution in [0.1, 0.15) is 393 Å². The third-order valence-electron chi connectivity index (χ3n) is 18.3. The van der Waals surface area contributed by atoms with Gasteiger partial charge in [-0.25, -0.2) is 0 Å². The van der Waals surface area contributed by atoms with Crippen molar-refractivity contribution < 1.29 is 39.8 Å². The van der Waals surface area contributed by atoms with Crippen molar-refractivity contribution in [2.75, 3.05) is 13.2 Å². The van der Waals surface area contributed by atoms with Crippen LogP contribution in [-0.4, -0.2) is 87.5 Å². The number of carbonyl (C=O) groups excluding carboxylic acids is 1. The molecule has 1 saturated heterocycles. The summed E-state index contributed by atoms with van der Waals surface area (Å²) in [7, 11) is 0. The Hall–Kier alpha value is -1.33. The molecule has 0 aromatic carbocycles. The molecule has 1 heterocycles. The van der Waals surface area contributed by atoms with E-state index in [1.807, 2.05) is 6.08 Å². The normalized spacial score (nSPS) is 18.2. The largest absolute Gasteiger partial charge is 0.394 e. The molecule has 0 aromatic rings. The van der Waals surface area contributed by atoms with Gasteiger partial charge in [0.2, 0.25) is 5.91 Å². The minimum Gasteiger partial charge on any atom is -0.394 e. The lowest BCUT2D eigenvalue weighted by Gasteiger charge is -2.40. The van der Waals surface area contributed by atoms with Crippen LogP contribution in [-0.2, 0) is 14.3 Å². The molecule has 1 aliphatic heterocycles. The van der Waals surface area contributed by atoms with Gasteiger partial charge in [-0.05, 0) is 32.1 Å². The number of hydrogen-bond acceptors (Lipinski definition) is 8. The average molecular weight is 1190 g/mol. The summed E-state index contributed by atoms with van der Waals surface area (Å²) in [5, 5.41) is 54.8. The van der Waals surface area contributed by atoms with E-state index in [9.17, 15) is 30.3 Å². The second kappa shape index (κ2) is 64.6. The zero-order valence-electron chi connectivity index (χ0n) is 55.9. The number of rotatable bonds is 67. The topological polar surface area (TPSA) is 149 Å². The van der Waals surface area contributed by atoms with Gasteiger partial charge in [-0.15, -0.1) is 0 Å². The summed E-state index contributed by atoms with van der Waals surface area (Å²) in [5.74, 6) is -0.177. The van der Waals surface area contributed by atoms with Crippen LogP contribution in [0.5, 0.6) is 0 Å². The fourth-order valence-electron chi connectivity index (χ4n) is 12.4. The standard InChI is InChI=1S/C75H145NO8/c1-3-5-7-9-11-13-15-17-19-21-23-25-27-29-31-33-34-35-36-37-39-41-43-45-47-49-51-53-55-57-59-61-63-65-71(79)76-68(67-83-75-74(82)73(81)72(80)70(66-77)84-75)69(78)64-62-60-58-56-54-52-50-48-46-44-42-40-38-32-30-28-26-24-22-20-18-16-14-12-10-8-6-4-2/h54,56,62,64,68-70,72-75,77-78,80-82H,3-53,55,57-61,63,65-67H2,1-2H3,(H,76,79)/b56-54+,64-62+. The van der Waals surface area contributed by atoms with Crippen molar-refractivity contribution in [3.05, 3.63) is 24.3 Å². The lowest BCUT2D eigenvalue weighted by Crippen LogP contribution is -2.60. The second-order valence-electron chi connectivity index (χ2n) is 26.4. The van der Waals surface area contributed by atoms with Crippen molar-refractivity contribution >= 4 is 5.91 Å². The molecule has 84 heavy (non-hydrogen) atoms. The quantitative estimate of drug-likeness (QED) is 0.0261.